The van der Waals surface area contributed by atoms with Gasteiger partial charge in [0.05, 0.1) is 5.92 Å². The zero-order chi connectivity index (χ0) is 10.3. The molecular formula is C7H10F3NO2. The van der Waals surface area contributed by atoms with Crippen LogP contribution in [-0.4, -0.2) is 22.8 Å². The van der Waals surface area contributed by atoms with Crippen molar-refractivity contribution >= 4 is 5.97 Å². The molecule has 2 atom stereocenters. The summed E-state index contributed by atoms with van der Waals surface area (Å²) in [5.41, 5.74) is 2.55. The molecular weight excluding hydrogens is 187 g/mol. The molecule has 1 saturated carbocycles. The fourth-order valence-corrected chi connectivity index (χ4v) is 1.71. The Balaban J connectivity index is 2.95. The van der Waals surface area contributed by atoms with Gasteiger partial charge in [-0.15, -0.1) is 0 Å². The third-order valence-electron chi connectivity index (χ3n) is 2.53. The summed E-state index contributed by atoms with van der Waals surface area (Å²) in [5.74, 6) is -2.95. The van der Waals surface area contributed by atoms with Gasteiger partial charge in [0.15, 0.2) is 0 Å². The molecule has 0 aliphatic heterocycles. The van der Waals surface area contributed by atoms with E-state index in [1.54, 1.807) is 0 Å². The van der Waals surface area contributed by atoms with Crippen molar-refractivity contribution in [3.05, 3.63) is 0 Å². The van der Waals surface area contributed by atoms with Gasteiger partial charge in [0, 0.05) is 0 Å². The molecule has 0 amide bonds. The molecule has 0 aromatic rings. The van der Waals surface area contributed by atoms with Gasteiger partial charge >= 0.3 is 12.1 Å². The molecule has 1 aliphatic rings. The molecule has 0 aromatic heterocycles. The summed E-state index contributed by atoms with van der Waals surface area (Å²) in [5, 5.41) is 8.53. The number of carboxylic acid groups (broad SMARTS) is 1. The fraction of sp³-hybridized carbons (Fsp3) is 0.857. The van der Waals surface area contributed by atoms with Crippen molar-refractivity contribution in [2.45, 2.75) is 31.0 Å². The maximum absolute atomic E-state index is 12.4. The largest absolute Gasteiger partial charge is 0.481 e. The molecule has 0 radical (unpaired) electrons. The minimum atomic E-state index is -4.63. The first-order chi connectivity index (χ1) is 5.79. The molecule has 0 saturated heterocycles. The van der Waals surface area contributed by atoms with Gasteiger partial charge in [-0.2, -0.15) is 13.2 Å². The lowest BCUT2D eigenvalue weighted by atomic mass is 9.87. The zero-order valence-corrected chi connectivity index (χ0v) is 6.77. The first-order valence-corrected chi connectivity index (χ1v) is 3.87. The van der Waals surface area contributed by atoms with Crippen LogP contribution in [0.2, 0.25) is 0 Å². The Bertz CT molecular complexity index is 228. The molecule has 76 valence electrons. The van der Waals surface area contributed by atoms with E-state index in [0.717, 1.165) is 0 Å². The van der Waals surface area contributed by atoms with Crippen molar-refractivity contribution in [1.82, 2.24) is 0 Å². The van der Waals surface area contributed by atoms with E-state index in [1.165, 1.54) is 0 Å². The van der Waals surface area contributed by atoms with Gasteiger partial charge in [0.2, 0.25) is 0 Å². The number of nitrogens with two attached hydrogens (primary N) is 1. The summed E-state index contributed by atoms with van der Waals surface area (Å²) in [6, 6.07) is 0. The predicted octanol–water partition coefficient (Wildman–Crippen LogP) is 1.13. The number of aliphatic carboxylic acids is 1. The average Bonchev–Trinajstić information content (AvgIpc) is 2.30. The van der Waals surface area contributed by atoms with Crippen LogP contribution in [0.25, 0.3) is 0 Å². The third kappa shape index (κ3) is 1.50. The Kier molecular flexibility index (Phi) is 2.27. The van der Waals surface area contributed by atoms with Crippen LogP contribution in [0.15, 0.2) is 0 Å². The second kappa shape index (κ2) is 2.87. The van der Waals surface area contributed by atoms with Crippen LogP contribution in [0.5, 0.6) is 0 Å². The maximum Gasteiger partial charge on any atom is 0.407 e. The van der Waals surface area contributed by atoms with Crippen LogP contribution in [0, 0.1) is 5.92 Å². The highest BCUT2D eigenvalue weighted by Gasteiger charge is 2.61. The topological polar surface area (TPSA) is 63.3 Å². The van der Waals surface area contributed by atoms with E-state index in [1.807, 2.05) is 0 Å². The van der Waals surface area contributed by atoms with Gasteiger partial charge in [-0.05, 0) is 12.8 Å². The average molecular weight is 197 g/mol. The summed E-state index contributed by atoms with van der Waals surface area (Å²) in [6.45, 7) is 0. The molecule has 1 aliphatic carbocycles. The van der Waals surface area contributed by atoms with Gasteiger partial charge in [0.25, 0.3) is 0 Å². The number of halogens is 3. The highest BCUT2D eigenvalue weighted by Crippen LogP contribution is 2.44. The zero-order valence-electron chi connectivity index (χ0n) is 6.77. The summed E-state index contributed by atoms with van der Waals surface area (Å²) in [7, 11) is 0. The predicted molar refractivity (Wildman–Crippen MR) is 38.0 cm³/mol. The van der Waals surface area contributed by atoms with Crippen LogP contribution >= 0.6 is 0 Å². The molecule has 0 unspecified atom stereocenters. The molecule has 0 spiro atoms. The van der Waals surface area contributed by atoms with Crippen molar-refractivity contribution < 1.29 is 23.1 Å². The monoisotopic (exact) mass is 197 g/mol. The SMILES string of the molecule is N[C@@]1(C(F)(F)F)CCC[C@@H]1C(=O)O. The van der Waals surface area contributed by atoms with Crippen molar-refractivity contribution in [3.63, 3.8) is 0 Å². The Morgan fingerprint density at radius 1 is 1.54 bits per heavy atom. The van der Waals surface area contributed by atoms with Crippen molar-refractivity contribution in [1.29, 1.82) is 0 Å². The van der Waals surface area contributed by atoms with Crippen LogP contribution in [-0.2, 0) is 4.79 Å². The normalized spacial score (nSPS) is 34.9. The van der Waals surface area contributed by atoms with Crippen molar-refractivity contribution in [2.24, 2.45) is 11.7 Å². The van der Waals surface area contributed by atoms with Gasteiger partial charge in [-0.3, -0.25) is 4.79 Å². The van der Waals surface area contributed by atoms with E-state index in [4.69, 9.17) is 10.8 Å². The second-order valence-electron chi connectivity index (χ2n) is 3.32. The van der Waals surface area contributed by atoms with Gasteiger partial charge < -0.3 is 10.8 Å². The number of hydrogen-bond acceptors (Lipinski definition) is 2. The smallest absolute Gasteiger partial charge is 0.407 e. The van der Waals surface area contributed by atoms with E-state index in [0.29, 0.717) is 0 Å². The number of carboxylic acids is 1. The van der Waals surface area contributed by atoms with Crippen LogP contribution in [0.4, 0.5) is 13.2 Å². The van der Waals surface area contributed by atoms with Gasteiger partial charge in [-0.1, -0.05) is 6.42 Å². The minimum Gasteiger partial charge on any atom is -0.481 e. The standard InChI is InChI=1S/C7H10F3NO2/c8-7(9,10)6(11)3-1-2-4(6)5(12)13/h4H,1-3,11H2,(H,12,13)/t4-,6+/m1/s1. The maximum atomic E-state index is 12.4. The highest BCUT2D eigenvalue weighted by atomic mass is 19.4. The molecule has 0 aromatic carbocycles. The van der Waals surface area contributed by atoms with Crippen molar-refractivity contribution in [3.8, 4) is 0 Å². The van der Waals surface area contributed by atoms with Crippen molar-refractivity contribution in [2.75, 3.05) is 0 Å². The Labute approximate surface area is 72.7 Å². The van der Waals surface area contributed by atoms with E-state index in [9.17, 15) is 18.0 Å². The lowest BCUT2D eigenvalue weighted by Crippen LogP contribution is -2.58. The molecule has 13 heavy (non-hydrogen) atoms. The highest BCUT2D eigenvalue weighted by molar-refractivity contribution is 5.72. The van der Waals surface area contributed by atoms with E-state index < -0.39 is 23.6 Å². The summed E-state index contributed by atoms with van der Waals surface area (Å²) in [6.07, 6.45) is -4.71. The van der Waals surface area contributed by atoms with Crippen LogP contribution < -0.4 is 5.73 Å². The molecule has 3 N–H and O–H groups in total. The van der Waals surface area contributed by atoms with Crippen LogP contribution in [0.3, 0.4) is 0 Å². The molecule has 3 nitrogen and oxygen atoms in total. The lowest BCUT2D eigenvalue weighted by Gasteiger charge is -2.30. The molecule has 0 heterocycles. The fourth-order valence-electron chi connectivity index (χ4n) is 1.71. The third-order valence-corrected chi connectivity index (χ3v) is 2.53. The molecule has 0 bridgehead atoms. The number of rotatable bonds is 1. The molecule has 1 fully saturated rings. The minimum absolute atomic E-state index is 0.00530. The number of carbonyl (C=O) groups is 1. The second-order valence-corrected chi connectivity index (χ2v) is 3.32. The first-order valence-electron chi connectivity index (χ1n) is 3.87. The Morgan fingerprint density at radius 2 is 2.08 bits per heavy atom. The van der Waals surface area contributed by atoms with Gasteiger partial charge in [0.1, 0.15) is 5.54 Å². The van der Waals surface area contributed by atoms with E-state index in [2.05, 4.69) is 0 Å². The summed E-state index contributed by atoms with van der Waals surface area (Å²) in [4.78, 5) is 10.5. The summed E-state index contributed by atoms with van der Waals surface area (Å²) < 4.78 is 37.1. The molecule has 1 rings (SSSR count). The Morgan fingerprint density at radius 3 is 2.38 bits per heavy atom. The number of hydrogen-bond donors (Lipinski definition) is 2. The lowest BCUT2D eigenvalue weighted by molar-refractivity contribution is -0.201. The van der Waals surface area contributed by atoms with E-state index in [-0.39, 0.29) is 19.3 Å². The quantitative estimate of drug-likeness (QED) is 0.662. The number of alkyl halides is 3. The molecule has 6 heteroatoms. The Hall–Kier alpha value is -0.780. The van der Waals surface area contributed by atoms with Crippen LogP contribution in [0.1, 0.15) is 19.3 Å². The van der Waals surface area contributed by atoms with E-state index >= 15 is 0 Å². The first kappa shape index (κ1) is 10.3. The van der Waals surface area contributed by atoms with Gasteiger partial charge in [-0.25, -0.2) is 0 Å². The summed E-state index contributed by atoms with van der Waals surface area (Å²) >= 11 is 0.